The van der Waals surface area contributed by atoms with Gasteiger partial charge in [0, 0.05) is 12.6 Å². The third-order valence-corrected chi connectivity index (χ3v) is 6.30. The number of para-hydroxylation sites is 2. The number of hydrogen-bond acceptors (Lipinski definition) is 5. The molecule has 0 aliphatic rings. The van der Waals surface area contributed by atoms with Crippen LogP contribution in [0.3, 0.4) is 0 Å². The Bertz CT molecular complexity index is 1100. The molecule has 0 bridgehead atoms. The van der Waals surface area contributed by atoms with Crippen molar-refractivity contribution < 1.29 is 22.7 Å². The van der Waals surface area contributed by atoms with Gasteiger partial charge in [-0.25, -0.2) is 13.2 Å². The van der Waals surface area contributed by atoms with Gasteiger partial charge in [0.1, 0.15) is 12.4 Å². The van der Waals surface area contributed by atoms with Crippen LogP contribution < -0.4 is 9.04 Å². The standard InChI is InChI=1S/C23H23NO5S/c1-3-28-22-12-8-7-9-19(22)17-29-23(25)18-13-15-21(16-14-18)30(26,27)24(2)20-10-5-4-6-11-20/h4-16H,3,17H2,1-2H3. The molecule has 156 valence electrons. The van der Waals surface area contributed by atoms with Gasteiger partial charge in [-0.05, 0) is 49.4 Å². The van der Waals surface area contributed by atoms with Crippen LogP contribution in [-0.4, -0.2) is 28.0 Å². The van der Waals surface area contributed by atoms with E-state index in [0.29, 0.717) is 18.0 Å². The van der Waals surface area contributed by atoms with Crippen LogP contribution in [0.5, 0.6) is 5.75 Å². The van der Waals surface area contributed by atoms with Gasteiger partial charge in [-0.1, -0.05) is 36.4 Å². The molecule has 3 rings (SSSR count). The highest BCUT2D eigenvalue weighted by Crippen LogP contribution is 2.23. The monoisotopic (exact) mass is 425 g/mol. The SMILES string of the molecule is CCOc1ccccc1COC(=O)c1ccc(S(=O)(=O)N(C)c2ccccc2)cc1. The van der Waals surface area contributed by atoms with Gasteiger partial charge in [0.15, 0.2) is 0 Å². The molecular weight excluding hydrogens is 402 g/mol. The second kappa shape index (κ2) is 9.45. The molecule has 0 spiro atoms. The Morgan fingerprint density at radius 3 is 2.20 bits per heavy atom. The normalized spacial score (nSPS) is 11.0. The lowest BCUT2D eigenvalue weighted by molar-refractivity contribution is 0.0469. The number of nitrogens with zero attached hydrogens (tertiary/aromatic N) is 1. The number of anilines is 1. The number of rotatable bonds is 8. The molecule has 0 radical (unpaired) electrons. The van der Waals surface area contributed by atoms with Crippen LogP contribution in [0, 0.1) is 0 Å². The summed E-state index contributed by atoms with van der Waals surface area (Å²) in [7, 11) is -2.25. The maximum Gasteiger partial charge on any atom is 0.338 e. The summed E-state index contributed by atoms with van der Waals surface area (Å²) in [5.74, 6) is 0.125. The molecule has 0 atom stereocenters. The summed E-state index contributed by atoms with van der Waals surface area (Å²) in [6.45, 7) is 2.46. The molecule has 30 heavy (non-hydrogen) atoms. The summed E-state index contributed by atoms with van der Waals surface area (Å²) in [5, 5.41) is 0. The van der Waals surface area contributed by atoms with Crippen molar-refractivity contribution >= 4 is 21.7 Å². The van der Waals surface area contributed by atoms with Crippen molar-refractivity contribution in [3.8, 4) is 5.75 Å². The van der Waals surface area contributed by atoms with E-state index in [1.54, 1.807) is 24.3 Å². The Labute approximate surface area is 176 Å². The molecule has 0 aromatic heterocycles. The zero-order valence-electron chi connectivity index (χ0n) is 16.8. The van der Waals surface area contributed by atoms with Crippen molar-refractivity contribution in [1.82, 2.24) is 0 Å². The van der Waals surface area contributed by atoms with Gasteiger partial charge in [0.05, 0.1) is 22.8 Å². The summed E-state index contributed by atoms with van der Waals surface area (Å²) in [6.07, 6.45) is 0. The van der Waals surface area contributed by atoms with Crippen LogP contribution in [0.1, 0.15) is 22.8 Å². The molecule has 0 unspecified atom stereocenters. The fraction of sp³-hybridized carbons (Fsp3) is 0.174. The Balaban J connectivity index is 1.70. The van der Waals surface area contributed by atoms with Gasteiger partial charge < -0.3 is 9.47 Å². The maximum atomic E-state index is 12.8. The van der Waals surface area contributed by atoms with E-state index in [2.05, 4.69) is 0 Å². The third-order valence-electron chi connectivity index (χ3n) is 4.50. The summed E-state index contributed by atoms with van der Waals surface area (Å²) in [5.41, 5.74) is 1.58. The van der Waals surface area contributed by atoms with E-state index < -0.39 is 16.0 Å². The predicted octanol–water partition coefficient (Wildman–Crippen LogP) is 4.27. The van der Waals surface area contributed by atoms with Crippen LogP contribution >= 0.6 is 0 Å². The molecule has 0 amide bonds. The van der Waals surface area contributed by atoms with Crippen molar-refractivity contribution in [2.75, 3.05) is 18.0 Å². The quantitative estimate of drug-likeness (QED) is 0.504. The van der Waals surface area contributed by atoms with Crippen LogP contribution in [0.4, 0.5) is 5.69 Å². The summed E-state index contributed by atoms with van der Waals surface area (Å²) in [4.78, 5) is 12.5. The fourth-order valence-electron chi connectivity index (χ4n) is 2.84. The highest BCUT2D eigenvalue weighted by molar-refractivity contribution is 7.92. The van der Waals surface area contributed by atoms with Crippen LogP contribution in [0.25, 0.3) is 0 Å². The topological polar surface area (TPSA) is 72.9 Å². The molecule has 0 aliphatic heterocycles. The van der Waals surface area contributed by atoms with Crippen molar-refractivity contribution in [3.05, 3.63) is 90.0 Å². The Kier molecular flexibility index (Phi) is 6.74. The van der Waals surface area contributed by atoms with Crippen LogP contribution in [0.15, 0.2) is 83.8 Å². The van der Waals surface area contributed by atoms with Crippen molar-refractivity contribution in [1.29, 1.82) is 0 Å². The first-order chi connectivity index (χ1) is 14.4. The van der Waals surface area contributed by atoms with Gasteiger partial charge in [-0.15, -0.1) is 0 Å². The minimum Gasteiger partial charge on any atom is -0.493 e. The van der Waals surface area contributed by atoms with Gasteiger partial charge >= 0.3 is 5.97 Å². The van der Waals surface area contributed by atoms with Gasteiger partial charge in [-0.2, -0.15) is 0 Å². The van der Waals surface area contributed by atoms with E-state index in [4.69, 9.17) is 9.47 Å². The van der Waals surface area contributed by atoms with E-state index >= 15 is 0 Å². The lowest BCUT2D eigenvalue weighted by Gasteiger charge is -2.19. The minimum atomic E-state index is -3.74. The molecule has 0 saturated heterocycles. The summed E-state index contributed by atoms with van der Waals surface area (Å²) >= 11 is 0. The molecule has 0 aliphatic carbocycles. The number of carbonyl (C=O) groups is 1. The van der Waals surface area contributed by atoms with E-state index in [1.165, 1.54) is 35.6 Å². The van der Waals surface area contributed by atoms with Gasteiger partial charge in [0.25, 0.3) is 10.0 Å². The van der Waals surface area contributed by atoms with E-state index in [-0.39, 0.29) is 17.1 Å². The predicted molar refractivity (Wildman–Crippen MR) is 115 cm³/mol. The lowest BCUT2D eigenvalue weighted by atomic mass is 10.2. The highest BCUT2D eigenvalue weighted by atomic mass is 32.2. The fourth-order valence-corrected chi connectivity index (χ4v) is 4.04. The van der Waals surface area contributed by atoms with E-state index in [1.807, 2.05) is 37.3 Å². The maximum absolute atomic E-state index is 12.8. The number of carbonyl (C=O) groups excluding carboxylic acids is 1. The smallest absolute Gasteiger partial charge is 0.338 e. The number of ether oxygens (including phenoxy) is 2. The average molecular weight is 426 g/mol. The highest BCUT2D eigenvalue weighted by Gasteiger charge is 2.21. The minimum absolute atomic E-state index is 0.0613. The number of sulfonamides is 1. The molecule has 3 aromatic carbocycles. The first kappa shape index (κ1) is 21.4. The zero-order chi connectivity index (χ0) is 21.6. The zero-order valence-corrected chi connectivity index (χ0v) is 17.6. The summed E-state index contributed by atoms with van der Waals surface area (Å²) < 4.78 is 37.7. The number of hydrogen-bond donors (Lipinski definition) is 0. The molecule has 7 heteroatoms. The molecule has 0 fully saturated rings. The number of esters is 1. The first-order valence-corrected chi connectivity index (χ1v) is 10.9. The van der Waals surface area contributed by atoms with Crippen LogP contribution in [0.2, 0.25) is 0 Å². The molecule has 0 heterocycles. The van der Waals surface area contributed by atoms with E-state index in [0.717, 1.165) is 5.56 Å². The third kappa shape index (κ3) is 4.80. The van der Waals surface area contributed by atoms with E-state index in [9.17, 15) is 13.2 Å². The number of benzene rings is 3. The second-order valence-corrected chi connectivity index (χ2v) is 8.42. The largest absolute Gasteiger partial charge is 0.493 e. The van der Waals surface area contributed by atoms with Gasteiger partial charge in [0.2, 0.25) is 0 Å². The van der Waals surface area contributed by atoms with Gasteiger partial charge in [-0.3, -0.25) is 4.31 Å². The molecule has 0 saturated carbocycles. The van der Waals surface area contributed by atoms with Crippen LogP contribution in [-0.2, 0) is 21.4 Å². The van der Waals surface area contributed by atoms with Crippen molar-refractivity contribution in [2.24, 2.45) is 0 Å². The molecule has 0 N–H and O–H groups in total. The summed E-state index contributed by atoms with van der Waals surface area (Å²) in [6, 6.07) is 21.8. The second-order valence-electron chi connectivity index (χ2n) is 6.45. The Hall–Kier alpha value is -3.32. The Morgan fingerprint density at radius 2 is 1.53 bits per heavy atom. The molecule has 6 nitrogen and oxygen atoms in total. The first-order valence-electron chi connectivity index (χ1n) is 9.45. The lowest BCUT2D eigenvalue weighted by Crippen LogP contribution is -2.26. The molecule has 3 aromatic rings. The average Bonchev–Trinajstić information content (AvgIpc) is 2.78. The van der Waals surface area contributed by atoms with Crippen molar-refractivity contribution in [3.63, 3.8) is 0 Å². The van der Waals surface area contributed by atoms with Crippen molar-refractivity contribution in [2.45, 2.75) is 18.4 Å². The Morgan fingerprint density at radius 1 is 0.900 bits per heavy atom. The molecular formula is C23H23NO5S.